The number of nitrogens with one attached hydrogen (secondary N) is 2. The number of hydrogen-bond donors (Lipinski definition) is 3. The highest BCUT2D eigenvalue weighted by Gasteiger charge is 2.14. The second kappa shape index (κ2) is 5.04. The summed E-state index contributed by atoms with van der Waals surface area (Å²) < 4.78 is 38.1. The third kappa shape index (κ3) is 2.85. The lowest BCUT2D eigenvalue weighted by atomic mass is 10.3. The summed E-state index contributed by atoms with van der Waals surface area (Å²) in [6.45, 7) is 0. The van der Waals surface area contributed by atoms with Gasteiger partial charge in [0.15, 0.2) is 5.56 Å². The molecule has 1 aromatic heterocycles. The highest BCUT2D eigenvalue weighted by molar-refractivity contribution is 7.89. The first-order valence-corrected chi connectivity index (χ1v) is 7.39. The molecule has 0 aliphatic carbocycles. The molecule has 0 saturated heterocycles. The van der Waals surface area contributed by atoms with Gasteiger partial charge in [0.1, 0.15) is 16.9 Å². The van der Waals surface area contributed by atoms with Crippen LogP contribution in [0.4, 0.5) is 15.1 Å². The maximum atomic E-state index is 13.4. The van der Waals surface area contributed by atoms with Gasteiger partial charge in [0.05, 0.1) is 4.90 Å². The molecule has 10 heteroatoms. The second-order valence-electron chi connectivity index (χ2n) is 3.69. The molecule has 2 rings (SSSR count). The van der Waals surface area contributed by atoms with Gasteiger partial charge in [0, 0.05) is 5.69 Å². The fraction of sp³-hybridized carbons (Fsp3) is 0. The Morgan fingerprint density at radius 3 is 2.70 bits per heavy atom. The number of aromatic amines is 1. The maximum absolute atomic E-state index is 13.4. The molecular weight excluding hydrogens is 307 g/mol. The molecule has 0 fully saturated rings. The molecule has 20 heavy (non-hydrogen) atoms. The maximum Gasteiger partial charge on any atom is 0.278 e. The average molecular weight is 314 g/mol. The monoisotopic (exact) mass is 314 g/mol. The van der Waals surface area contributed by atoms with E-state index in [0.717, 1.165) is 29.7 Å². The normalized spacial score (nSPS) is 11.1. The van der Waals surface area contributed by atoms with Gasteiger partial charge in [-0.05, 0) is 29.7 Å². The van der Waals surface area contributed by atoms with Crippen LogP contribution in [0.1, 0.15) is 5.56 Å². The van der Waals surface area contributed by atoms with Gasteiger partial charge >= 0.3 is 0 Å². The summed E-state index contributed by atoms with van der Waals surface area (Å²) in [6.07, 6.45) is 0. The lowest BCUT2D eigenvalue weighted by Crippen LogP contribution is -2.12. The number of nitrogens with zero attached hydrogens (tertiary/aromatic N) is 1. The van der Waals surface area contributed by atoms with Crippen molar-refractivity contribution < 1.29 is 12.8 Å². The van der Waals surface area contributed by atoms with Crippen LogP contribution in [0.2, 0.25) is 0 Å². The van der Waals surface area contributed by atoms with Crippen molar-refractivity contribution in [1.82, 2.24) is 4.37 Å². The van der Waals surface area contributed by atoms with Crippen molar-refractivity contribution in [3.63, 3.8) is 0 Å². The molecule has 0 unspecified atom stereocenters. The Hall–Kier alpha value is -2.22. The Kier molecular flexibility index (Phi) is 3.58. The highest BCUT2D eigenvalue weighted by atomic mass is 32.2. The molecule has 0 aliphatic rings. The molecule has 7 nitrogen and oxygen atoms in total. The van der Waals surface area contributed by atoms with Gasteiger partial charge in [0.25, 0.3) is 5.56 Å². The molecule has 1 heterocycles. The van der Waals surface area contributed by atoms with Crippen LogP contribution in [-0.2, 0) is 10.0 Å². The van der Waals surface area contributed by atoms with E-state index in [1.807, 2.05) is 0 Å². The number of nitrogens with two attached hydrogens (primary N) is 1. The Morgan fingerprint density at radius 2 is 2.10 bits per heavy atom. The summed E-state index contributed by atoms with van der Waals surface area (Å²) in [5.41, 5.74) is -0.694. The van der Waals surface area contributed by atoms with Gasteiger partial charge in [-0.15, -0.1) is 0 Å². The lowest BCUT2D eigenvalue weighted by molar-refractivity contribution is 0.592. The molecule has 0 aliphatic heterocycles. The van der Waals surface area contributed by atoms with E-state index < -0.39 is 26.3 Å². The molecule has 0 bridgehead atoms. The summed E-state index contributed by atoms with van der Waals surface area (Å²) in [4.78, 5) is 10.8. The molecule has 0 saturated carbocycles. The minimum Gasteiger partial charge on any atom is -0.345 e. The van der Waals surface area contributed by atoms with Crippen molar-refractivity contribution in [3.8, 4) is 6.07 Å². The zero-order valence-corrected chi connectivity index (χ0v) is 11.3. The summed E-state index contributed by atoms with van der Waals surface area (Å²) in [5, 5.41) is 16.5. The third-order valence-electron chi connectivity index (χ3n) is 2.27. The summed E-state index contributed by atoms with van der Waals surface area (Å²) in [6, 6.07) is 4.58. The van der Waals surface area contributed by atoms with Gasteiger partial charge in [0.2, 0.25) is 10.0 Å². The summed E-state index contributed by atoms with van der Waals surface area (Å²) in [5.74, 6) is -0.819. The van der Waals surface area contributed by atoms with Crippen LogP contribution in [-0.4, -0.2) is 12.8 Å². The minimum absolute atomic E-state index is 0.0563. The Labute approximate surface area is 116 Å². The van der Waals surface area contributed by atoms with Crippen LogP contribution < -0.4 is 16.0 Å². The fourth-order valence-corrected chi connectivity index (χ4v) is 2.70. The topological polar surface area (TPSA) is 129 Å². The number of nitriles is 1. The van der Waals surface area contributed by atoms with Gasteiger partial charge < -0.3 is 5.32 Å². The zero-order valence-electron chi connectivity index (χ0n) is 9.68. The first kappa shape index (κ1) is 14.2. The summed E-state index contributed by atoms with van der Waals surface area (Å²) >= 11 is 0.841. The summed E-state index contributed by atoms with van der Waals surface area (Å²) in [7, 11) is -4.06. The second-order valence-corrected chi connectivity index (χ2v) is 6.07. The average Bonchev–Trinajstić information content (AvgIpc) is 2.68. The van der Waals surface area contributed by atoms with Crippen molar-refractivity contribution in [2.75, 3.05) is 5.32 Å². The van der Waals surface area contributed by atoms with E-state index in [0.29, 0.717) is 0 Å². The smallest absolute Gasteiger partial charge is 0.278 e. The zero-order chi connectivity index (χ0) is 14.9. The number of benzene rings is 1. The van der Waals surface area contributed by atoms with Crippen LogP contribution in [0, 0.1) is 17.1 Å². The molecule has 104 valence electrons. The van der Waals surface area contributed by atoms with Crippen molar-refractivity contribution in [3.05, 3.63) is 39.9 Å². The molecule has 0 atom stereocenters. The van der Waals surface area contributed by atoms with Crippen LogP contribution in [0.25, 0.3) is 0 Å². The number of H-pyrrole nitrogens is 1. The first-order chi connectivity index (χ1) is 9.31. The van der Waals surface area contributed by atoms with E-state index >= 15 is 0 Å². The van der Waals surface area contributed by atoms with Crippen LogP contribution >= 0.6 is 11.5 Å². The van der Waals surface area contributed by atoms with Crippen LogP contribution in [0.15, 0.2) is 27.9 Å². The number of primary sulfonamides is 1. The van der Waals surface area contributed by atoms with E-state index in [9.17, 15) is 17.6 Å². The van der Waals surface area contributed by atoms with E-state index in [4.69, 9.17) is 10.4 Å². The lowest BCUT2D eigenvalue weighted by Gasteiger charge is -2.06. The SMILES string of the molecule is N#Cc1c(Nc2cc(F)cc(S(N)(=O)=O)c2)s[nH]c1=O. The van der Waals surface area contributed by atoms with E-state index in [2.05, 4.69) is 9.69 Å². The van der Waals surface area contributed by atoms with Gasteiger partial charge in [-0.3, -0.25) is 9.17 Å². The van der Waals surface area contributed by atoms with E-state index in [-0.39, 0.29) is 16.3 Å². The molecule has 1 aromatic carbocycles. The standard InChI is InChI=1S/C10H7FN4O3S2/c11-5-1-6(3-7(2-5)20(13,17)18)14-10-8(4-12)9(16)15-19-10/h1-3,14H,(H,15,16)(H2,13,17,18). The predicted molar refractivity (Wildman–Crippen MR) is 70.7 cm³/mol. The van der Waals surface area contributed by atoms with E-state index in [1.165, 1.54) is 0 Å². The molecule has 0 spiro atoms. The predicted octanol–water partition coefficient (Wildman–Crippen LogP) is 0.838. The van der Waals surface area contributed by atoms with Gasteiger partial charge in [-0.1, -0.05) is 0 Å². The highest BCUT2D eigenvalue weighted by Crippen LogP contribution is 2.24. The quantitative estimate of drug-likeness (QED) is 0.773. The number of rotatable bonds is 3. The van der Waals surface area contributed by atoms with Crippen LogP contribution in [0.5, 0.6) is 0 Å². The van der Waals surface area contributed by atoms with E-state index in [1.54, 1.807) is 6.07 Å². The Bertz CT molecular complexity index is 863. The van der Waals surface area contributed by atoms with Gasteiger partial charge in [-0.25, -0.2) is 17.9 Å². The largest absolute Gasteiger partial charge is 0.345 e. The molecular formula is C10H7FN4O3S2. The minimum atomic E-state index is -4.06. The number of anilines is 2. The molecule has 0 radical (unpaired) electrons. The number of sulfonamides is 1. The molecule has 4 N–H and O–H groups in total. The molecule has 0 amide bonds. The fourth-order valence-electron chi connectivity index (χ4n) is 1.42. The Balaban J connectivity index is 2.47. The van der Waals surface area contributed by atoms with Crippen LogP contribution in [0.3, 0.4) is 0 Å². The Morgan fingerprint density at radius 1 is 1.40 bits per heavy atom. The first-order valence-electron chi connectivity index (χ1n) is 5.03. The van der Waals surface area contributed by atoms with Crippen molar-refractivity contribution >= 4 is 32.2 Å². The van der Waals surface area contributed by atoms with Crippen molar-refractivity contribution in [1.29, 1.82) is 5.26 Å². The van der Waals surface area contributed by atoms with Gasteiger partial charge in [-0.2, -0.15) is 5.26 Å². The number of hydrogen-bond acceptors (Lipinski definition) is 6. The van der Waals surface area contributed by atoms with Crippen molar-refractivity contribution in [2.24, 2.45) is 5.14 Å². The van der Waals surface area contributed by atoms with Crippen molar-refractivity contribution in [2.45, 2.75) is 4.90 Å². The molecule has 2 aromatic rings. The third-order valence-corrected chi connectivity index (χ3v) is 3.96. The number of halogens is 1. The number of aromatic nitrogens is 1.